The fraction of sp³-hybridized carbons (Fsp3) is 0.588. The maximum atomic E-state index is 12.6. The first kappa shape index (κ1) is 17.7. The Hall–Kier alpha value is -1.39. The molecule has 1 aromatic carbocycles. The molecule has 0 radical (unpaired) electrons. The topological polar surface area (TPSA) is 47.6 Å². The summed E-state index contributed by atoms with van der Waals surface area (Å²) in [6.45, 7) is 10.3. The first-order chi connectivity index (χ1) is 9.92. The van der Waals surface area contributed by atoms with Gasteiger partial charge in [-0.2, -0.15) is 0 Å². The molecule has 1 N–H and O–H groups in total. The van der Waals surface area contributed by atoms with E-state index in [-0.39, 0.29) is 24.7 Å². The average molecular weight is 293 g/mol. The molecular formula is C17H27NO3. The van der Waals surface area contributed by atoms with Crippen LogP contribution in [0.5, 0.6) is 0 Å². The van der Waals surface area contributed by atoms with E-state index in [1.54, 1.807) is 0 Å². The molecule has 0 aliphatic rings. The van der Waals surface area contributed by atoms with Crippen LogP contribution in [0.4, 0.5) is 0 Å². The van der Waals surface area contributed by atoms with Crippen molar-refractivity contribution in [3.63, 3.8) is 0 Å². The van der Waals surface area contributed by atoms with Crippen LogP contribution in [0.2, 0.25) is 0 Å². The first-order valence-electron chi connectivity index (χ1n) is 7.54. The standard InChI is InChI=1S/C17H27NO3/c1-6-20-16(19)17(18-13(2)3,12-21-14(4)5)15-10-8-7-9-11-15/h7-11,13-14,18H,6,12H2,1-5H3. The monoisotopic (exact) mass is 293 g/mol. The molecule has 1 rings (SSSR count). The number of carbonyl (C=O) groups excluding carboxylic acids is 1. The van der Waals surface area contributed by atoms with E-state index in [1.807, 2.05) is 65.0 Å². The fourth-order valence-corrected chi connectivity index (χ4v) is 2.21. The lowest BCUT2D eigenvalue weighted by molar-refractivity contribution is -0.156. The van der Waals surface area contributed by atoms with Gasteiger partial charge in [0, 0.05) is 6.04 Å². The molecule has 0 aliphatic heterocycles. The summed E-state index contributed by atoms with van der Waals surface area (Å²) in [5, 5.41) is 3.35. The Morgan fingerprint density at radius 1 is 1.19 bits per heavy atom. The molecule has 21 heavy (non-hydrogen) atoms. The van der Waals surface area contributed by atoms with E-state index in [1.165, 1.54) is 0 Å². The van der Waals surface area contributed by atoms with Crippen molar-refractivity contribution >= 4 is 5.97 Å². The van der Waals surface area contributed by atoms with Gasteiger partial charge < -0.3 is 9.47 Å². The zero-order valence-corrected chi connectivity index (χ0v) is 13.7. The molecule has 1 unspecified atom stereocenters. The number of benzene rings is 1. The van der Waals surface area contributed by atoms with Crippen LogP contribution >= 0.6 is 0 Å². The first-order valence-corrected chi connectivity index (χ1v) is 7.54. The Bertz CT molecular complexity index is 431. The Morgan fingerprint density at radius 2 is 1.81 bits per heavy atom. The molecule has 118 valence electrons. The summed E-state index contributed by atoms with van der Waals surface area (Å²) in [5.41, 5.74) is -0.117. The second-order valence-electron chi connectivity index (χ2n) is 5.65. The molecule has 0 amide bonds. The van der Waals surface area contributed by atoms with Crippen molar-refractivity contribution in [3.05, 3.63) is 35.9 Å². The quantitative estimate of drug-likeness (QED) is 0.749. The predicted octanol–water partition coefficient (Wildman–Crippen LogP) is 2.87. The van der Waals surface area contributed by atoms with Gasteiger partial charge in [0.1, 0.15) is 0 Å². The van der Waals surface area contributed by atoms with Gasteiger partial charge in [-0.1, -0.05) is 30.3 Å². The summed E-state index contributed by atoms with van der Waals surface area (Å²) in [7, 11) is 0. The maximum absolute atomic E-state index is 12.6. The summed E-state index contributed by atoms with van der Waals surface area (Å²) in [5.74, 6) is -0.300. The second kappa shape index (κ2) is 8.15. The highest BCUT2D eigenvalue weighted by Crippen LogP contribution is 2.25. The van der Waals surface area contributed by atoms with Gasteiger partial charge in [0.2, 0.25) is 0 Å². The lowest BCUT2D eigenvalue weighted by Crippen LogP contribution is -2.56. The van der Waals surface area contributed by atoms with Crippen LogP contribution in [0.15, 0.2) is 30.3 Å². The Labute approximate surface area is 127 Å². The van der Waals surface area contributed by atoms with Crippen molar-refractivity contribution in [2.24, 2.45) is 0 Å². The molecule has 0 bridgehead atoms. The second-order valence-corrected chi connectivity index (χ2v) is 5.65. The lowest BCUT2D eigenvalue weighted by Gasteiger charge is -2.35. The zero-order valence-electron chi connectivity index (χ0n) is 13.7. The predicted molar refractivity (Wildman–Crippen MR) is 84.1 cm³/mol. The van der Waals surface area contributed by atoms with Crippen LogP contribution in [0.1, 0.15) is 40.2 Å². The molecule has 0 saturated heterocycles. The lowest BCUT2D eigenvalue weighted by atomic mass is 9.89. The minimum Gasteiger partial charge on any atom is -0.464 e. The molecule has 1 aromatic rings. The van der Waals surface area contributed by atoms with Crippen LogP contribution in [0.3, 0.4) is 0 Å². The minimum absolute atomic E-state index is 0.0384. The van der Waals surface area contributed by atoms with E-state index in [2.05, 4.69) is 5.32 Å². The van der Waals surface area contributed by atoms with E-state index in [0.29, 0.717) is 6.61 Å². The van der Waals surface area contributed by atoms with E-state index < -0.39 is 5.54 Å². The smallest absolute Gasteiger partial charge is 0.333 e. The van der Waals surface area contributed by atoms with Crippen LogP contribution in [-0.4, -0.2) is 31.3 Å². The van der Waals surface area contributed by atoms with Gasteiger partial charge >= 0.3 is 5.97 Å². The van der Waals surface area contributed by atoms with Gasteiger partial charge in [0.05, 0.1) is 19.3 Å². The van der Waals surface area contributed by atoms with Crippen LogP contribution in [-0.2, 0) is 19.8 Å². The summed E-state index contributed by atoms with van der Waals surface area (Å²) >= 11 is 0. The minimum atomic E-state index is -0.976. The van der Waals surface area contributed by atoms with Gasteiger partial charge in [0.15, 0.2) is 5.54 Å². The van der Waals surface area contributed by atoms with Crippen LogP contribution in [0, 0.1) is 0 Å². The largest absolute Gasteiger partial charge is 0.464 e. The average Bonchev–Trinajstić information content (AvgIpc) is 2.44. The molecule has 0 spiro atoms. The highest BCUT2D eigenvalue weighted by atomic mass is 16.5. The van der Waals surface area contributed by atoms with E-state index in [4.69, 9.17) is 9.47 Å². The number of nitrogens with one attached hydrogen (secondary N) is 1. The van der Waals surface area contributed by atoms with E-state index in [0.717, 1.165) is 5.56 Å². The number of ether oxygens (including phenoxy) is 2. The van der Waals surface area contributed by atoms with Crippen LogP contribution in [0.25, 0.3) is 0 Å². The molecule has 1 atom stereocenters. The van der Waals surface area contributed by atoms with Gasteiger partial charge in [-0.3, -0.25) is 5.32 Å². The number of carbonyl (C=O) groups is 1. The Morgan fingerprint density at radius 3 is 2.29 bits per heavy atom. The highest BCUT2D eigenvalue weighted by molar-refractivity contribution is 5.83. The molecule has 0 saturated carbocycles. The molecule has 4 heteroatoms. The van der Waals surface area contributed by atoms with Gasteiger partial charge in [-0.15, -0.1) is 0 Å². The number of rotatable bonds is 8. The molecule has 4 nitrogen and oxygen atoms in total. The Balaban J connectivity index is 3.22. The van der Waals surface area contributed by atoms with Crippen molar-refractivity contribution in [2.75, 3.05) is 13.2 Å². The van der Waals surface area contributed by atoms with Gasteiger partial charge in [0.25, 0.3) is 0 Å². The van der Waals surface area contributed by atoms with E-state index in [9.17, 15) is 4.79 Å². The Kier molecular flexibility index (Phi) is 6.85. The molecular weight excluding hydrogens is 266 g/mol. The summed E-state index contributed by atoms with van der Waals surface area (Å²) in [4.78, 5) is 12.6. The molecule has 0 aromatic heterocycles. The molecule has 0 aliphatic carbocycles. The summed E-state index contributed by atoms with van der Waals surface area (Å²) in [6, 6.07) is 9.73. The van der Waals surface area contributed by atoms with Crippen LogP contribution < -0.4 is 5.32 Å². The van der Waals surface area contributed by atoms with Crippen molar-refractivity contribution in [3.8, 4) is 0 Å². The van der Waals surface area contributed by atoms with Gasteiger partial charge in [-0.05, 0) is 40.2 Å². The van der Waals surface area contributed by atoms with Crippen molar-refractivity contribution in [1.29, 1.82) is 0 Å². The summed E-state index contributed by atoms with van der Waals surface area (Å²) in [6.07, 6.45) is 0.0384. The third-order valence-electron chi connectivity index (χ3n) is 3.06. The fourth-order valence-electron chi connectivity index (χ4n) is 2.21. The normalized spacial score (nSPS) is 14.2. The zero-order chi connectivity index (χ0) is 15.9. The molecule has 0 heterocycles. The van der Waals surface area contributed by atoms with Crippen molar-refractivity contribution < 1.29 is 14.3 Å². The van der Waals surface area contributed by atoms with E-state index >= 15 is 0 Å². The maximum Gasteiger partial charge on any atom is 0.333 e. The highest BCUT2D eigenvalue weighted by Gasteiger charge is 2.42. The van der Waals surface area contributed by atoms with Crippen molar-refractivity contribution in [2.45, 2.75) is 52.3 Å². The van der Waals surface area contributed by atoms with Crippen molar-refractivity contribution in [1.82, 2.24) is 5.32 Å². The number of esters is 1. The third kappa shape index (κ3) is 4.83. The SMILES string of the molecule is CCOC(=O)C(COC(C)C)(NC(C)C)c1ccccc1. The van der Waals surface area contributed by atoms with Gasteiger partial charge in [-0.25, -0.2) is 4.79 Å². The summed E-state index contributed by atoms with van der Waals surface area (Å²) < 4.78 is 11.1. The number of hydrogen-bond acceptors (Lipinski definition) is 4. The number of hydrogen-bond donors (Lipinski definition) is 1. The molecule has 0 fully saturated rings. The third-order valence-corrected chi connectivity index (χ3v) is 3.06.